The summed E-state index contributed by atoms with van der Waals surface area (Å²) >= 11 is 0. The molecule has 1 saturated heterocycles. The Balaban J connectivity index is 2.16. The molecule has 106 valence electrons. The van der Waals surface area contributed by atoms with Gasteiger partial charge in [0, 0.05) is 5.41 Å². The lowest BCUT2D eigenvalue weighted by molar-refractivity contribution is -0.230. The summed E-state index contributed by atoms with van der Waals surface area (Å²) in [4.78, 5) is 11.8. The highest BCUT2D eigenvalue weighted by molar-refractivity contribution is 5.94. The van der Waals surface area contributed by atoms with Gasteiger partial charge in [-0.1, -0.05) is 33.3 Å². The van der Waals surface area contributed by atoms with Crippen LogP contribution in [-0.4, -0.2) is 28.1 Å². The van der Waals surface area contributed by atoms with Crippen LogP contribution in [0.1, 0.15) is 46.5 Å². The van der Waals surface area contributed by atoms with Crippen molar-refractivity contribution in [3.8, 4) is 0 Å². The number of hydrogen-bond donors (Lipinski definition) is 2. The van der Waals surface area contributed by atoms with E-state index >= 15 is 0 Å². The topological polar surface area (TPSA) is 66.8 Å². The Bertz CT molecular complexity index is 467. The lowest BCUT2D eigenvalue weighted by Crippen LogP contribution is -2.62. The highest BCUT2D eigenvalue weighted by Crippen LogP contribution is 2.63. The molecule has 2 N–H and O–H groups in total. The first-order valence-electron chi connectivity index (χ1n) is 7.05. The van der Waals surface area contributed by atoms with Crippen LogP contribution in [0, 0.1) is 16.7 Å². The first-order valence-corrected chi connectivity index (χ1v) is 7.05. The number of allylic oxidation sites excluding steroid dienone is 1. The van der Waals surface area contributed by atoms with E-state index in [1.807, 2.05) is 6.92 Å². The molecule has 0 aromatic heterocycles. The van der Waals surface area contributed by atoms with Gasteiger partial charge in [0.05, 0.1) is 5.57 Å². The minimum atomic E-state index is -1.55. The van der Waals surface area contributed by atoms with Crippen LogP contribution < -0.4 is 0 Å². The second-order valence-electron chi connectivity index (χ2n) is 7.19. The fraction of sp³-hybridized carbons (Fsp3) is 0.800. The zero-order valence-electron chi connectivity index (χ0n) is 11.8. The summed E-state index contributed by atoms with van der Waals surface area (Å²) in [5, 5.41) is 21.2. The molecule has 1 unspecified atom stereocenters. The maximum Gasteiger partial charge on any atom is 0.339 e. The molecule has 0 radical (unpaired) electrons. The van der Waals surface area contributed by atoms with E-state index in [0.29, 0.717) is 0 Å². The van der Waals surface area contributed by atoms with Gasteiger partial charge in [0.25, 0.3) is 0 Å². The standard InChI is InChI=1S/C15H22O4/c1-13(2)7-4-8-14(3)10(13)6-5-9-11(16)19-12(17)15(9,14)18/h5,10,12,17-18H,4,6-8H2,1-3H3/t10-,12?,14-,15-/m0/s1. The molecule has 1 heterocycles. The SMILES string of the molecule is CC1(C)CCC[C@@]2(C)[C@H]1CC=C1C(=O)OC(O)[C@@]12O. The Hall–Kier alpha value is -0.870. The highest BCUT2D eigenvalue weighted by Gasteiger charge is 2.68. The lowest BCUT2D eigenvalue weighted by Gasteiger charge is -2.58. The van der Waals surface area contributed by atoms with Crippen LogP contribution in [0.5, 0.6) is 0 Å². The summed E-state index contributed by atoms with van der Waals surface area (Å²) < 4.78 is 4.89. The van der Waals surface area contributed by atoms with Crippen molar-refractivity contribution in [3.05, 3.63) is 11.6 Å². The number of rotatable bonds is 0. The van der Waals surface area contributed by atoms with Crippen LogP contribution >= 0.6 is 0 Å². The molecule has 19 heavy (non-hydrogen) atoms. The van der Waals surface area contributed by atoms with Gasteiger partial charge in [-0.25, -0.2) is 4.79 Å². The molecule has 0 bridgehead atoms. The Labute approximate surface area is 113 Å². The van der Waals surface area contributed by atoms with Crippen LogP contribution in [0.2, 0.25) is 0 Å². The second-order valence-corrected chi connectivity index (χ2v) is 7.19. The lowest BCUT2D eigenvalue weighted by atomic mass is 9.47. The Morgan fingerprint density at radius 1 is 1.32 bits per heavy atom. The maximum atomic E-state index is 11.8. The van der Waals surface area contributed by atoms with E-state index in [2.05, 4.69) is 13.8 Å². The van der Waals surface area contributed by atoms with Crippen molar-refractivity contribution >= 4 is 5.97 Å². The van der Waals surface area contributed by atoms with Crippen LogP contribution in [-0.2, 0) is 9.53 Å². The van der Waals surface area contributed by atoms with Gasteiger partial charge in [0.15, 0.2) is 5.60 Å². The van der Waals surface area contributed by atoms with E-state index in [9.17, 15) is 15.0 Å². The summed E-state index contributed by atoms with van der Waals surface area (Å²) in [5.41, 5.74) is -1.71. The van der Waals surface area contributed by atoms with E-state index < -0.39 is 23.3 Å². The number of cyclic esters (lactones) is 1. The largest absolute Gasteiger partial charge is 0.429 e. The minimum absolute atomic E-state index is 0.0934. The Kier molecular flexibility index (Phi) is 2.50. The summed E-state index contributed by atoms with van der Waals surface area (Å²) in [6.45, 7) is 6.42. The molecular formula is C15H22O4. The predicted octanol–water partition coefficient (Wildman–Crippen LogP) is 1.76. The molecule has 1 saturated carbocycles. The monoisotopic (exact) mass is 266 g/mol. The molecule has 4 heteroatoms. The molecule has 4 atom stereocenters. The first-order chi connectivity index (χ1) is 8.73. The number of carbonyl (C=O) groups is 1. The van der Waals surface area contributed by atoms with E-state index in [1.165, 1.54) is 0 Å². The van der Waals surface area contributed by atoms with Gasteiger partial charge >= 0.3 is 5.97 Å². The number of carbonyl (C=O) groups excluding carboxylic acids is 1. The molecule has 2 aliphatic carbocycles. The van der Waals surface area contributed by atoms with Crippen molar-refractivity contribution in [3.63, 3.8) is 0 Å². The van der Waals surface area contributed by atoms with E-state index in [4.69, 9.17) is 4.74 Å². The number of aliphatic hydroxyl groups is 2. The van der Waals surface area contributed by atoms with Crippen molar-refractivity contribution < 1.29 is 19.7 Å². The third kappa shape index (κ3) is 1.39. The average molecular weight is 266 g/mol. The summed E-state index contributed by atoms with van der Waals surface area (Å²) in [5.74, 6) is -0.329. The van der Waals surface area contributed by atoms with Crippen molar-refractivity contribution in [2.24, 2.45) is 16.7 Å². The fourth-order valence-electron chi connectivity index (χ4n) is 4.76. The summed E-state index contributed by atoms with van der Waals surface area (Å²) in [6, 6.07) is 0. The second kappa shape index (κ2) is 3.61. The van der Waals surface area contributed by atoms with Crippen LogP contribution in [0.15, 0.2) is 11.6 Å². The van der Waals surface area contributed by atoms with Crippen LogP contribution in [0.3, 0.4) is 0 Å². The number of aliphatic hydroxyl groups excluding tert-OH is 1. The third-order valence-corrected chi connectivity index (χ3v) is 5.86. The maximum absolute atomic E-state index is 11.8. The van der Waals surface area contributed by atoms with Gasteiger partial charge in [-0.2, -0.15) is 0 Å². The molecule has 0 aromatic rings. The normalized spacial score (nSPS) is 48.1. The van der Waals surface area contributed by atoms with Crippen molar-refractivity contribution in [2.45, 2.75) is 58.3 Å². The van der Waals surface area contributed by atoms with Crippen LogP contribution in [0.4, 0.5) is 0 Å². The first kappa shape index (κ1) is 13.1. The number of esters is 1. The summed E-state index contributed by atoms with van der Waals surface area (Å²) in [7, 11) is 0. The Morgan fingerprint density at radius 2 is 2.00 bits per heavy atom. The fourth-order valence-corrected chi connectivity index (χ4v) is 4.76. The predicted molar refractivity (Wildman–Crippen MR) is 69.0 cm³/mol. The van der Waals surface area contributed by atoms with E-state index in [0.717, 1.165) is 25.7 Å². The van der Waals surface area contributed by atoms with Gasteiger partial charge in [0.2, 0.25) is 6.29 Å². The third-order valence-electron chi connectivity index (χ3n) is 5.86. The van der Waals surface area contributed by atoms with Gasteiger partial charge in [0.1, 0.15) is 0 Å². The van der Waals surface area contributed by atoms with Crippen molar-refractivity contribution in [2.75, 3.05) is 0 Å². The van der Waals surface area contributed by atoms with Gasteiger partial charge in [-0.15, -0.1) is 0 Å². The number of ether oxygens (including phenoxy) is 1. The smallest absolute Gasteiger partial charge is 0.339 e. The average Bonchev–Trinajstić information content (AvgIpc) is 2.52. The van der Waals surface area contributed by atoms with Gasteiger partial charge in [-0.3, -0.25) is 0 Å². The molecule has 0 amide bonds. The summed E-state index contributed by atoms with van der Waals surface area (Å²) in [6.07, 6.45) is 4.02. The van der Waals surface area contributed by atoms with Gasteiger partial charge < -0.3 is 14.9 Å². The highest BCUT2D eigenvalue weighted by atomic mass is 16.7. The molecule has 1 aliphatic heterocycles. The van der Waals surface area contributed by atoms with Crippen molar-refractivity contribution in [1.82, 2.24) is 0 Å². The number of fused-ring (bicyclic) bond motifs is 3. The van der Waals surface area contributed by atoms with Gasteiger partial charge in [-0.05, 0) is 30.6 Å². The van der Waals surface area contributed by atoms with Crippen LogP contribution in [0.25, 0.3) is 0 Å². The number of hydrogen-bond acceptors (Lipinski definition) is 4. The zero-order chi connectivity index (χ0) is 14.1. The minimum Gasteiger partial charge on any atom is -0.429 e. The van der Waals surface area contributed by atoms with E-state index in [1.54, 1.807) is 6.08 Å². The van der Waals surface area contributed by atoms with Crippen molar-refractivity contribution in [1.29, 1.82) is 0 Å². The Morgan fingerprint density at radius 3 is 2.68 bits per heavy atom. The van der Waals surface area contributed by atoms with E-state index in [-0.39, 0.29) is 16.9 Å². The quantitative estimate of drug-likeness (QED) is 0.656. The molecule has 2 fully saturated rings. The molecule has 3 aliphatic rings. The molecule has 0 spiro atoms. The molecule has 3 rings (SSSR count). The zero-order valence-corrected chi connectivity index (χ0v) is 11.8. The molecule has 4 nitrogen and oxygen atoms in total. The molecular weight excluding hydrogens is 244 g/mol. The molecule has 0 aromatic carbocycles.